The van der Waals surface area contributed by atoms with E-state index in [0.717, 1.165) is 20.6 Å². The predicted octanol–water partition coefficient (Wildman–Crippen LogP) is 3.97. The molecule has 150 valence electrons. The normalized spacial score (nSPS) is 12.6. The Kier molecular flexibility index (Phi) is 4.36. The number of furan rings is 1. The molecule has 3 heterocycles. The topological polar surface area (TPSA) is 81.2 Å². The molecule has 1 atom stereocenters. The van der Waals surface area contributed by atoms with Crippen molar-refractivity contribution in [2.75, 3.05) is 7.05 Å². The summed E-state index contributed by atoms with van der Waals surface area (Å²) in [6, 6.07) is 15.0. The number of amides is 1. The Morgan fingerprint density at radius 3 is 2.80 bits per heavy atom. The predicted molar refractivity (Wildman–Crippen MR) is 117 cm³/mol. The number of hydrogen-bond acceptors (Lipinski definition) is 6. The van der Waals surface area contributed by atoms with Gasteiger partial charge < -0.3 is 9.32 Å². The zero-order chi connectivity index (χ0) is 20.8. The van der Waals surface area contributed by atoms with Crippen molar-refractivity contribution in [3.8, 4) is 0 Å². The minimum absolute atomic E-state index is 0.120. The Morgan fingerprint density at radius 1 is 1.20 bits per heavy atom. The summed E-state index contributed by atoms with van der Waals surface area (Å²) >= 11 is 1.56. The number of para-hydroxylation sites is 2. The van der Waals surface area contributed by atoms with E-state index >= 15 is 0 Å². The highest BCUT2D eigenvalue weighted by Gasteiger charge is 2.22. The summed E-state index contributed by atoms with van der Waals surface area (Å²) in [5.74, 6) is -0.207. The van der Waals surface area contributed by atoms with E-state index in [1.54, 1.807) is 29.4 Å². The number of fused-ring (bicyclic) bond motifs is 4. The minimum atomic E-state index is -0.370. The van der Waals surface area contributed by atoms with Crippen LogP contribution in [-0.4, -0.2) is 32.4 Å². The lowest BCUT2D eigenvalue weighted by molar-refractivity contribution is -0.132. The van der Waals surface area contributed by atoms with Crippen LogP contribution in [0.4, 0.5) is 0 Å². The van der Waals surface area contributed by atoms with Crippen molar-refractivity contribution in [3.63, 3.8) is 0 Å². The lowest BCUT2D eigenvalue weighted by Gasteiger charge is -2.23. The first-order valence-corrected chi connectivity index (χ1v) is 10.3. The Labute approximate surface area is 175 Å². The molecule has 0 saturated heterocycles. The average molecular weight is 418 g/mol. The number of likely N-dealkylation sites (N-methyl/N-ethyl adjacent to an activating group) is 1. The molecule has 0 aliphatic carbocycles. The van der Waals surface area contributed by atoms with Crippen LogP contribution in [-0.2, 0) is 11.3 Å². The van der Waals surface area contributed by atoms with Gasteiger partial charge in [0.15, 0.2) is 0 Å². The molecule has 0 fully saturated rings. The van der Waals surface area contributed by atoms with Crippen LogP contribution in [0.3, 0.4) is 0 Å². The lowest BCUT2D eigenvalue weighted by Crippen LogP contribution is -2.35. The van der Waals surface area contributed by atoms with Gasteiger partial charge in [-0.25, -0.2) is 9.97 Å². The molecular weight excluding hydrogens is 400 g/mol. The monoisotopic (exact) mass is 418 g/mol. The van der Waals surface area contributed by atoms with Crippen LogP contribution in [0.5, 0.6) is 0 Å². The number of aromatic nitrogens is 3. The highest BCUT2D eigenvalue weighted by Crippen LogP contribution is 2.29. The largest absolute Gasteiger partial charge is 0.448 e. The molecular formula is C22H18N4O3S. The molecule has 30 heavy (non-hydrogen) atoms. The molecule has 0 aliphatic rings. The van der Waals surface area contributed by atoms with Crippen LogP contribution in [0.1, 0.15) is 18.0 Å². The molecule has 5 aromatic rings. The zero-order valence-electron chi connectivity index (χ0n) is 16.4. The summed E-state index contributed by atoms with van der Waals surface area (Å²) in [5.41, 5.74) is 1.82. The number of thiazole rings is 1. The third kappa shape index (κ3) is 2.96. The second-order valence-corrected chi connectivity index (χ2v) is 8.22. The zero-order valence-corrected chi connectivity index (χ0v) is 17.2. The van der Waals surface area contributed by atoms with Crippen molar-refractivity contribution < 1.29 is 9.21 Å². The molecule has 0 radical (unpaired) electrons. The van der Waals surface area contributed by atoms with Gasteiger partial charge in [0, 0.05) is 12.4 Å². The van der Waals surface area contributed by atoms with Crippen LogP contribution < -0.4 is 5.56 Å². The number of benzene rings is 2. The molecule has 1 amide bonds. The molecule has 8 heteroatoms. The van der Waals surface area contributed by atoms with Gasteiger partial charge >= 0.3 is 0 Å². The van der Waals surface area contributed by atoms with Gasteiger partial charge in [0.1, 0.15) is 22.7 Å². The molecule has 5 rings (SSSR count). The summed E-state index contributed by atoms with van der Waals surface area (Å²) in [6.45, 7) is 1.81. The van der Waals surface area contributed by atoms with Gasteiger partial charge in [0.05, 0.1) is 22.6 Å². The number of carbonyl (C=O) groups excluding carboxylic acids is 1. The molecule has 0 spiro atoms. The fraction of sp³-hybridized carbons (Fsp3) is 0.182. The van der Waals surface area contributed by atoms with Crippen LogP contribution >= 0.6 is 11.3 Å². The molecule has 1 unspecified atom stereocenters. The van der Waals surface area contributed by atoms with E-state index in [1.165, 1.54) is 10.9 Å². The van der Waals surface area contributed by atoms with E-state index in [9.17, 15) is 9.59 Å². The number of rotatable bonds is 4. The van der Waals surface area contributed by atoms with E-state index in [0.29, 0.717) is 11.1 Å². The maximum absolute atomic E-state index is 12.9. The maximum atomic E-state index is 12.9. The van der Waals surface area contributed by atoms with Crippen LogP contribution in [0.15, 0.2) is 64.1 Å². The Balaban J connectivity index is 1.42. The Hall–Kier alpha value is -3.52. The van der Waals surface area contributed by atoms with Crippen LogP contribution in [0.2, 0.25) is 0 Å². The summed E-state index contributed by atoms with van der Waals surface area (Å²) in [5, 5.41) is 1.63. The molecule has 0 bridgehead atoms. The molecule has 7 nitrogen and oxygen atoms in total. The standard InChI is InChI=1S/C22H18N4O3S/c1-13(21-24-15-8-4-6-10-17(15)30-21)25(2)18(27)11-26-12-23-19-14-7-3-5-9-16(14)29-20(19)22(26)28/h3-10,12-13H,11H2,1-2H3. The van der Waals surface area contributed by atoms with E-state index < -0.39 is 0 Å². The van der Waals surface area contributed by atoms with Gasteiger partial charge in [-0.05, 0) is 31.2 Å². The molecule has 0 aliphatic heterocycles. The third-order valence-electron chi connectivity index (χ3n) is 5.30. The van der Waals surface area contributed by atoms with E-state index in [1.807, 2.05) is 49.4 Å². The first-order chi connectivity index (χ1) is 14.5. The number of nitrogens with zero attached hydrogens (tertiary/aromatic N) is 4. The number of hydrogen-bond donors (Lipinski definition) is 0. The average Bonchev–Trinajstić information content (AvgIpc) is 3.36. The second kappa shape index (κ2) is 7.07. The minimum Gasteiger partial charge on any atom is -0.448 e. The van der Waals surface area contributed by atoms with Gasteiger partial charge in [-0.3, -0.25) is 14.2 Å². The highest BCUT2D eigenvalue weighted by atomic mass is 32.1. The van der Waals surface area contributed by atoms with Gasteiger partial charge in [0.25, 0.3) is 5.56 Å². The van der Waals surface area contributed by atoms with Crippen molar-refractivity contribution in [1.29, 1.82) is 0 Å². The summed E-state index contributed by atoms with van der Waals surface area (Å²) < 4.78 is 8.05. The first kappa shape index (κ1) is 18.5. The smallest absolute Gasteiger partial charge is 0.297 e. The van der Waals surface area contributed by atoms with Gasteiger partial charge in [0.2, 0.25) is 11.5 Å². The van der Waals surface area contributed by atoms with Crippen molar-refractivity contribution in [2.24, 2.45) is 0 Å². The highest BCUT2D eigenvalue weighted by molar-refractivity contribution is 7.18. The Morgan fingerprint density at radius 2 is 1.97 bits per heavy atom. The molecule has 3 aromatic heterocycles. The number of carbonyl (C=O) groups is 1. The van der Waals surface area contributed by atoms with Gasteiger partial charge in [-0.15, -0.1) is 11.3 Å². The van der Waals surface area contributed by atoms with Crippen LogP contribution in [0, 0.1) is 0 Å². The van der Waals surface area contributed by atoms with Crippen LogP contribution in [0.25, 0.3) is 32.3 Å². The molecule has 0 N–H and O–H groups in total. The van der Waals surface area contributed by atoms with Gasteiger partial charge in [-0.1, -0.05) is 24.3 Å². The maximum Gasteiger partial charge on any atom is 0.297 e. The fourth-order valence-electron chi connectivity index (χ4n) is 3.44. The summed E-state index contributed by atoms with van der Waals surface area (Å²) in [7, 11) is 1.72. The van der Waals surface area contributed by atoms with Crippen molar-refractivity contribution in [1.82, 2.24) is 19.4 Å². The van der Waals surface area contributed by atoms with Crippen molar-refractivity contribution >= 4 is 49.5 Å². The van der Waals surface area contributed by atoms with Gasteiger partial charge in [-0.2, -0.15) is 0 Å². The molecule has 0 saturated carbocycles. The van der Waals surface area contributed by atoms with Crippen molar-refractivity contribution in [3.05, 3.63) is 70.2 Å². The quantitative estimate of drug-likeness (QED) is 0.441. The lowest BCUT2D eigenvalue weighted by atomic mass is 10.2. The first-order valence-electron chi connectivity index (χ1n) is 9.51. The summed E-state index contributed by atoms with van der Waals surface area (Å²) in [4.78, 5) is 36.4. The van der Waals surface area contributed by atoms with E-state index in [4.69, 9.17) is 4.42 Å². The molecule has 2 aromatic carbocycles. The SMILES string of the molecule is CC(c1nc2ccccc2s1)N(C)C(=O)Cn1cnc2c(oc3ccccc32)c1=O. The summed E-state index contributed by atoms with van der Waals surface area (Å²) in [6.07, 6.45) is 1.40. The second-order valence-electron chi connectivity index (χ2n) is 7.15. The van der Waals surface area contributed by atoms with Crippen molar-refractivity contribution in [2.45, 2.75) is 19.5 Å². The Bertz CT molecular complexity index is 1430. The third-order valence-corrected chi connectivity index (χ3v) is 6.51. The van der Waals surface area contributed by atoms with E-state index in [2.05, 4.69) is 9.97 Å². The fourth-order valence-corrected chi connectivity index (χ4v) is 4.50. The van der Waals surface area contributed by atoms with E-state index in [-0.39, 0.29) is 29.6 Å².